The third-order valence-corrected chi connectivity index (χ3v) is 6.22. The van der Waals surface area contributed by atoms with E-state index < -0.39 is 0 Å². The number of nitrogens with one attached hydrogen (secondary N) is 1. The number of carbonyl (C=O) groups is 2. The van der Waals surface area contributed by atoms with Crippen LogP contribution in [-0.4, -0.2) is 30.5 Å². The summed E-state index contributed by atoms with van der Waals surface area (Å²) in [6, 6.07) is 22.4. The second-order valence-electron chi connectivity index (χ2n) is 7.66. The highest BCUT2D eigenvalue weighted by Crippen LogP contribution is 2.37. The minimum absolute atomic E-state index is 0.0113. The maximum atomic E-state index is 12.6. The smallest absolute Gasteiger partial charge is 0.265 e. The van der Waals surface area contributed by atoms with E-state index in [2.05, 4.69) is 10.3 Å². The zero-order valence-corrected chi connectivity index (χ0v) is 19.2. The molecule has 7 nitrogen and oxygen atoms in total. The van der Waals surface area contributed by atoms with E-state index in [9.17, 15) is 9.59 Å². The van der Waals surface area contributed by atoms with Crippen molar-refractivity contribution in [2.24, 2.45) is 0 Å². The molecule has 1 aromatic heterocycles. The summed E-state index contributed by atoms with van der Waals surface area (Å²) in [6.07, 6.45) is 0. The largest absolute Gasteiger partial charge is 0.497 e. The summed E-state index contributed by atoms with van der Waals surface area (Å²) < 4.78 is 10.8. The van der Waals surface area contributed by atoms with Crippen LogP contribution in [-0.2, 0) is 11.3 Å². The van der Waals surface area contributed by atoms with E-state index in [0.717, 1.165) is 11.1 Å². The number of hydrogen-bond acceptors (Lipinski definition) is 6. The van der Waals surface area contributed by atoms with E-state index in [1.165, 1.54) is 11.3 Å². The van der Waals surface area contributed by atoms with Crippen molar-refractivity contribution in [2.75, 3.05) is 23.9 Å². The Morgan fingerprint density at radius 3 is 2.68 bits per heavy atom. The molecule has 0 aliphatic carbocycles. The van der Waals surface area contributed by atoms with Crippen LogP contribution in [0.5, 0.6) is 11.5 Å². The Bertz CT molecular complexity index is 1340. The maximum absolute atomic E-state index is 12.6. The fourth-order valence-corrected chi connectivity index (χ4v) is 4.39. The number of hydrogen-bond donors (Lipinski definition) is 1. The maximum Gasteiger partial charge on any atom is 0.265 e. The number of benzene rings is 3. The quantitative estimate of drug-likeness (QED) is 0.428. The molecule has 170 valence electrons. The fraction of sp³-hybridized carbons (Fsp3) is 0.115. The van der Waals surface area contributed by atoms with E-state index in [0.29, 0.717) is 40.1 Å². The lowest BCUT2D eigenvalue weighted by molar-refractivity contribution is -0.121. The lowest BCUT2D eigenvalue weighted by Gasteiger charge is -2.29. The molecular formula is C26H21N3O4S. The molecule has 5 rings (SSSR count). The van der Waals surface area contributed by atoms with E-state index in [4.69, 9.17) is 9.47 Å². The summed E-state index contributed by atoms with van der Waals surface area (Å²) in [5.41, 5.74) is 3.78. The first-order chi connectivity index (χ1) is 16.6. The summed E-state index contributed by atoms with van der Waals surface area (Å²) >= 11 is 1.34. The third kappa shape index (κ3) is 4.49. The second kappa shape index (κ2) is 9.36. The number of methoxy groups -OCH3 is 1. The van der Waals surface area contributed by atoms with Crippen LogP contribution >= 0.6 is 11.3 Å². The van der Waals surface area contributed by atoms with Gasteiger partial charge in [-0.15, -0.1) is 11.3 Å². The highest BCUT2D eigenvalue weighted by atomic mass is 32.1. The van der Waals surface area contributed by atoms with Crippen LogP contribution in [0, 0.1) is 0 Å². The first-order valence-electron chi connectivity index (χ1n) is 10.6. The second-order valence-corrected chi connectivity index (χ2v) is 8.52. The van der Waals surface area contributed by atoms with Crippen LogP contribution in [0.1, 0.15) is 15.9 Å². The molecule has 3 aromatic carbocycles. The lowest BCUT2D eigenvalue weighted by Crippen LogP contribution is -2.38. The van der Waals surface area contributed by atoms with Crippen LogP contribution in [0.25, 0.3) is 11.3 Å². The van der Waals surface area contributed by atoms with Gasteiger partial charge in [-0.2, -0.15) is 0 Å². The monoisotopic (exact) mass is 471 g/mol. The Labute approximate surface area is 200 Å². The highest BCUT2D eigenvalue weighted by molar-refractivity contribution is 7.14. The molecule has 0 fully saturated rings. The predicted octanol–water partition coefficient (Wildman–Crippen LogP) is 5.00. The number of thiazole rings is 1. The van der Waals surface area contributed by atoms with Gasteiger partial charge in [-0.1, -0.05) is 30.3 Å². The number of anilines is 2. The number of fused-ring (bicyclic) bond motifs is 1. The molecule has 1 aliphatic rings. The number of aromatic nitrogens is 1. The Balaban J connectivity index is 1.37. The Morgan fingerprint density at radius 2 is 1.91 bits per heavy atom. The normalized spacial score (nSPS) is 12.6. The van der Waals surface area contributed by atoms with Crippen molar-refractivity contribution in [1.29, 1.82) is 0 Å². The summed E-state index contributed by atoms with van der Waals surface area (Å²) in [7, 11) is 1.58. The molecule has 0 bridgehead atoms. The molecular weight excluding hydrogens is 450 g/mol. The zero-order chi connectivity index (χ0) is 23.5. The van der Waals surface area contributed by atoms with Crippen LogP contribution in [0.4, 0.5) is 10.8 Å². The topological polar surface area (TPSA) is 80.8 Å². The van der Waals surface area contributed by atoms with E-state index in [1.807, 2.05) is 53.9 Å². The van der Waals surface area contributed by atoms with Crippen molar-refractivity contribution < 1.29 is 19.1 Å². The van der Waals surface area contributed by atoms with Gasteiger partial charge in [0.2, 0.25) is 0 Å². The van der Waals surface area contributed by atoms with Gasteiger partial charge < -0.3 is 14.4 Å². The molecule has 0 saturated carbocycles. The molecule has 4 aromatic rings. The lowest BCUT2D eigenvalue weighted by atomic mass is 10.1. The van der Waals surface area contributed by atoms with Gasteiger partial charge >= 0.3 is 0 Å². The molecule has 0 spiro atoms. The average molecular weight is 472 g/mol. The van der Waals surface area contributed by atoms with Crippen molar-refractivity contribution in [3.05, 3.63) is 89.3 Å². The van der Waals surface area contributed by atoms with Gasteiger partial charge in [0.15, 0.2) is 11.7 Å². The van der Waals surface area contributed by atoms with Gasteiger partial charge in [-0.05, 0) is 48.0 Å². The van der Waals surface area contributed by atoms with E-state index >= 15 is 0 Å². The summed E-state index contributed by atoms with van der Waals surface area (Å²) in [5.74, 6) is 0.994. The summed E-state index contributed by atoms with van der Waals surface area (Å²) in [5, 5.41) is 5.20. The summed E-state index contributed by atoms with van der Waals surface area (Å²) in [6.45, 7) is 0.469. The minimum Gasteiger partial charge on any atom is -0.497 e. The molecule has 2 heterocycles. The van der Waals surface area contributed by atoms with Gasteiger partial charge in [0.1, 0.15) is 11.5 Å². The van der Waals surface area contributed by atoms with Crippen molar-refractivity contribution >= 4 is 34.0 Å². The number of amides is 2. The molecule has 0 saturated heterocycles. The van der Waals surface area contributed by atoms with Crippen LogP contribution in [0.2, 0.25) is 0 Å². The Hall–Kier alpha value is -4.17. The molecule has 1 aliphatic heterocycles. The average Bonchev–Trinajstić information content (AvgIpc) is 3.34. The van der Waals surface area contributed by atoms with Gasteiger partial charge in [-0.25, -0.2) is 4.98 Å². The van der Waals surface area contributed by atoms with Crippen molar-refractivity contribution in [3.8, 4) is 22.8 Å². The molecule has 8 heteroatoms. The van der Waals surface area contributed by atoms with E-state index in [1.54, 1.807) is 36.3 Å². The van der Waals surface area contributed by atoms with Crippen LogP contribution in [0.15, 0.2) is 78.2 Å². The Morgan fingerprint density at radius 1 is 1.12 bits per heavy atom. The molecule has 2 amide bonds. The number of rotatable bonds is 6. The molecule has 34 heavy (non-hydrogen) atoms. The van der Waals surface area contributed by atoms with E-state index in [-0.39, 0.29) is 18.4 Å². The standard InChI is InChI=1S/C26H21N3O4S/c1-32-20-10-7-18(8-11-20)25(31)28-26-27-21(16-34-26)19-9-12-23-22(13-19)29(24(30)15-33-23)14-17-5-3-2-4-6-17/h2-13,16H,14-15H2,1H3,(H,27,28,31). The van der Waals surface area contributed by atoms with Crippen molar-refractivity contribution in [1.82, 2.24) is 4.98 Å². The zero-order valence-electron chi connectivity index (χ0n) is 18.4. The number of ether oxygens (including phenoxy) is 2. The number of nitrogens with zero attached hydrogens (tertiary/aromatic N) is 2. The Kier molecular flexibility index (Phi) is 5.97. The molecule has 0 atom stereocenters. The van der Waals surface area contributed by atoms with Gasteiger partial charge in [0, 0.05) is 16.5 Å². The van der Waals surface area contributed by atoms with Crippen molar-refractivity contribution in [3.63, 3.8) is 0 Å². The van der Waals surface area contributed by atoms with Gasteiger partial charge in [0.25, 0.3) is 11.8 Å². The SMILES string of the molecule is COc1ccc(C(=O)Nc2nc(-c3ccc4c(c3)N(Cc3ccccc3)C(=O)CO4)cs2)cc1. The van der Waals surface area contributed by atoms with Gasteiger partial charge in [-0.3, -0.25) is 14.9 Å². The van der Waals surface area contributed by atoms with Crippen LogP contribution in [0.3, 0.4) is 0 Å². The third-order valence-electron chi connectivity index (χ3n) is 5.46. The minimum atomic E-state index is -0.248. The predicted molar refractivity (Wildman–Crippen MR) is 132 cm³/mol. The first kappa shape index (κ1) is 21.7. The fourth-order valence-electron chi connectivity index (χ4n) is 3.68. The first-order valence-corrected chi connectivity index (χ1v) is 11.5. The van der Waals surface area contributed by atoms with Crippen molar-refractivity contribution in [2.45, 2.75) is 6.54 Å². The van der Waals surface area contributed by atoms with Gasteiger partial charge in [0.05, 0.1) is 25.0 Å². The molecule has 1 N–H and O–H groups in total. The van der Waals surface area contributed by atoms with Crippen LogP contribution < -0.4 is 19.7 Å². The highest BCUT2D eigenvalue weighted by Gasteiger charge is 2.26. The molecule has 0 radical (unpaired) electrons. The molecule has 0 unspecified atom stereocenters. The number of carbonyl (C=O) groups excluding carboxylic acids is 2. The summed E-state index contributed by atoms with van der Waals surface area (Å²) in [4.78, 5) is 31.5.